The largest absolute Gasteiger partial charge is 0.456 e. The van der Waals surface area contributed by atoms with Crippen molar-refractivity contribution in [3.05, 3.63) is 48.6 Å². The summed E-state index contributed by atoms with van der Waals surface area (Å²) in [4.78, 5) is 0. The van der Waals surface area contributed by atoms with E-state index < -0.39 is 33.3 Å². The quantitative estimate of drug-likeness (QED) is 0.469. The molecule has 2 unspecified atom stereocenters. The second kappa shape index (κ2) is 7.29. The van der Waals surface area contributed by atoms with Crippen LogP contribution in [0.4, 0.5) is 0 Å². The van der Waals surface area contributed by atoms with E-state index in [1.54, 1.807) is 0 Å². The zero-order valence-electron chi connectivity index (χ0n) is 17.4. The Morgan fingerprint density at radius 2 is 0.885 bits per heavy atom. The molecule has 1 aliphatic heterocycles. The van der Waals surface area contributed by atoms with Gasteiger partial charge in [0, 0.05) is 11.1 Å². The van der Waals surface area contributed by atoms with Crippen molar-refractivity contribution in [3.63, 3.8) is 0 Å². The molecule has 0 aromatic carbocycles. The summed E-state index contributed by atoms with van der Waals surface area (Å²) in [6.45, 7) is 14.7. The first kappa shape index (κ1) is 20.5. The summed E-state index contributed by atoms with van der Waals surface area (Å²) >= 11 is 0. The standard InChI is InChI=1S/C20H36O2Si4/c1-23(2)15-17-25(5,19-11-7-8-12-19)22-26(6,20-13-9-10-14-20)18-16-24(3,4)21-23/h7-14,19-20H,15-18H2,1-6H3. The monoisotopic (exact) mass is 420 g/mol. The third kappa shape index (κ3) is 4.59. The predicted octanol–water partition coefficient (Wildman–Crippen LogP) is 6.59. The average Bonchev–Trinajstić information content (AvgIpc) is 3.23. The lowest BCUT2D eigenvalue weighted by atomic mass is 10.5. The molecule has 1 fully saturated rings. The molecule has 26 heavy (non-hydrogen) atoms. The van der Waals surface area contributed by atoms with E-state index in [0.717, 1.165) is 0 Å². The fourth-order valence-corrected chi connectivity index (χ4v) is 29.2. The number of rotatable bonds is 2. The van der Waals surface area contributed by atoms with Gasteiger partial charge in [-0.25, -0.2) is 0 Å². The Hall–Kier alpha value is -0.252. The third-order valence-corrected chi connectivity index (χ3v) is 24.5. The van der Waals surface area contributed by atoms with Gasteiger partial charge in [-0.15, -0.1) is 0 Å². The zero-order chi connectivity index (χ0) is 19.1. The molecule has 1 heterocycles. The lowest BCUT2D eigenvalue weighted by Gasteiger charge is -2.47. The Morgan fingerprint density at radius 3 is 1.23 bits per heavy atom. The van der Waals surface area contributed by atoms with E-state index in [-0.39, 0.29) is 0 Å². The topological polar surface area (TPSA) is 18.5 Å². The Morgan fingerprint density at radius 1 is 0.538 bits per heavy atom. The Balaban J connectivity index is 1.95. The highest BCUT2D eigenvalue weighted by molar-refractivity contribution is 6.92. The molecule has 144 valence electrons. The fourth-order valence-electron chi connectivity index (χ4n) is 4.73. The van der Waals surface area contributed by atoms with Gasteiger partial charge in [0.2, 0.25) is 0 Å². The average molecular weight is 421 g/mol. The molecule has 0 spiro atoms. The number of hydrogen-bond acceptors (Lipinski definition) is 2. The van der Waals surface area contributed by atoms with Gasteiger partial charge in [-0.2, -0.15) is 0 Å². The van der Waals surface area contributed by atoms with E-state index in [4.69, 9.17) is 8.23 Å². The van der Waals surface area contributed by atoms with E-state index in [2.05, 4.69) is 87.9 Å². The molecule has 0 amide bonds. The van der Waals surface area contributed by atoms with E-state index in [0.29, 0.717) is 11.1 Å². The minimum atomic E-state index is -1.89. The Labute approximate surface area is 164 Å². The van der Waals surface area contributed by atoms with Gasteiger partial charge in [-0.1, -0.05) is 48.6 Å². The van der Waals surface area contributed by atoms with Crippen LogP contribution in [0.1, 0.15) is 0 Å². The van der Waals surface area contributed by atoms with Crippen LogP contribution in [0.25, 0.3) is 0 Å². The normalized spacial score (nSPS) is 37.5. The first-order chi connectivity index (χ1) is 12.0. The van der Waals surface area contributed by atoms with E-state index in [1.807, 2.05) is 0 Å². The van der Waals surface area contributed by atoms with Gasteiger partial charge >= 0.3 is 0 Å². The fraction of sp³-hybridized carbons (Fsp3) is 0.600. The van der Waals surface area contributed by atoms with Gasteiger partial charge in [0.15, 0.2) is 33.3 Å². The van der Waals surface area contributed by atoms with Gasteiger partial charge < -0.3 is 8.23 Å². The molecule has 2 atom stereocenters. The highest BCUT2D eigenvalue weighted by Gasteiger charge is 2.49. The highest BCUT2D eigenvalue weighted by Crippen LogP contribution is 2.45. The van der Waals surface area contributed by atoms with Crippen LogP contribution in [0.5, 0.6) is 0 Å². The Kier molecular flexibility index (Phi) is 5.74. The van der Waals surface area contributed by atoms with Crippen LogP contribution in [-0.4, -0.2) is 33.3 Å². The van der Waals surface area contributed by atoms with E-state index in [9.17, 15) is 0 Å². The minimum absolute atomic E-state index is 0.526. The van der Waals surface area contributed by atoms with Crippen LogP contribution >= 0.6 is 0 Å². The molecule has 3 aliphatic rings. The smallest absolute Gasteiger partial charge is 0.187 e. The van der Waals surface area contributed by atoms with Crippen LogP contribution in [0.15, 0.2) is 48.6 Å². The predicted molar refractivity (Wildman–Crippen MR) is 124 cm³/mol. The van der Waals surface area contributed by atoms with Crippen LogP contribution in [0, 0.1) is 0 Å². The SMILES string of the molecule is C[Si]1(C)CC[Si](C)(C2C=CC=C2)O[Si](C)(C2C=CC=C2)CC[Si](C)(C)O1. The van der Waals surface area contributed by atoms with Crippen molar-refractivity contribution in [1.29, 1.82) is 0 Å². The van der Waals surface area contributed by atoms with Crippen LogP contribution < -0.4 is 0 Å². The summed E-state index contributed by atoms with van der Waals surface area (Å²) in [6, 6.07) is 4.95. The second-order valence-corrected chi connectivity index (χ2v) is 27.2. The minimum Gasteiger partial charge on any atom is -0.456 e. The molecule has 6 heteroatoms. The molecule has 0 aromatic rings. The summed E-state index contributed by atoms with van der Waals surface area (Å²) in [7, 11) is -7.03. The molecular weight excluding hydrogens is 385 g/mol. The van der Waals surface area contributed by atoms with Crippen molar-refractivity contribution in [3.8, 4) is 0 Å². The van der Waals surface area contributed by atoms with Gasteiger partial charge in [0.1, 0.15) is 0 Å². The van der Waals surface area contributed by atoms with E-state index in [1.165, 1.54) is 24.2 Å². The third-order valence-electron chi connectivity index (χ3n) is 6.37. The van der Waals surface area contributed by atoms with Crippen molar-refractivity contribution in [2.45, 2.75) is 74.5 Å². The summed E-state index contributed by atoms with van der Waals surface area (Å²) in [5.74, 6) is 0. The van der Waals surface area contributed by atoms with Crippen molar-refractivity contribution in [2.24, 2.45) is 0 Å². The first-order valence-corrected chi connectivity index (χ1v) is 21.8. The van der Waals surface area contributed by atoms with Crippen molar-refractivity contribution < 1.29 is 8.23 Å². The number of hydrogen-bond donors (Lipinski definition) is 0. The Bertz CT molecular complexity index is 574. The lowest BCUT2D eigenvalue weighted by Crippen LogP contribution is -2.56. The molecule has 0 bridgehead atoms. The summed E-state index contributed by atoms with van der Waals surface area (Å²) in [5, 5.41) is 0. The van der Waals surface area contributed by atoms with Crippen LogP contribution in [0.2, 0.25) is 74.5 Å². The molecule has 2 nitrogen and oxygen atoms in total. The van der Waals surface area contributed by atoms with Crippen LogP contribution in [0.3, 0.4) is 0 Å². The van der Waals surface area contributed by atoms with Crippen molar-refractivity contribution >= 4 is 33.3 Å². The zero-order valence-corrected chi connectivity index (χ0v) is 21.4. The maximum Gasteiger partial charge on any atom is 0.187 e. The summed E-state index contributed by atoms with van der Waals surface area (Å²) in [6.07, 6.45) is 18.4. The maximum absolute atomic E-state index is 7.42. The molecule has 2 aliphatic carbocycles. The van der Waals surface area contributed by atoms with Gasteiger partial charge in [-0.05, 0) is 63.5 Å². The summed E-state index contributed by atoms with van der Waals surface area (Å²) in [5.41, 5.74) is 1.05. The highest BCUT2D eigenvalue weighted by atomic mass is 28.4. The summed E-state index contributed by atoms with van der Waals surface area (Å²) < 4.78 is 14.3. The second-order valence-electron chi connectivity index (χ2n) is 9.94. The molecule has 0 aromatic heterocycles. The maximum atomic E-state index is 7.42. The molecule has 0 radical (unpaired) electrons. The molecular formula is C20H36O2Si4. The first-order valence-electron chi connectivity index (χ1n) is 10.1. The van der Waals surface area contributed by atoms with Gasteiger partial charge in [0.05, 0.1) is 0 Å². The van der Waals surface area contributed by atoms with Crippen molar-refractivity contribution in [2.75, 3.05) is 0 Å². The van der Waals surface area contributed by atoms with Crippen LogP contribution in [-0.2, 0) is 8.23 Å². The molecule has 3 rings (SSSR count). The number of allylic oxidation sites excluding steroid dienone is 8. The van der Waals surface area contributed by atoms with E-state index >= 15 is 0 Å². The molecule has 0 N–H and O–H groups in total. The van der Waals surface area contributed by atoms with Crippen molar-refractivity contribution in [1.82, 2.24) is 0 Å². The van der Waals surface area contributed by atoms with Gasteiger partial charge in [0.25, 0.3) is 0 Å². The molecule has 1 saturated heterocycles. The lowest BCUT2D eigenvalue weighted by molar-refractivity contribution is 0.495. The molecule has 0 saturated carbocycles. The van der Waals surface area contributed by atoms with Gasteiger partial charge in [-0.3, -0.25) is 0 Å².